The Hall–Kier alpha value is -2.84. The van der Waals surface area contributed by atoms with Crippen molar-refractivity contribution in [3.63, 3.8) is 0 Å². The van der Waals surface area contributed by atoms with Gasteiger partial charge in [0.25, 0.3) is 5.91 Å². The second-order valence-corrected chi connectivity index (χ2v) is 10.8. The summed E-state index contributed by atoms with van der Waals surface area (Å²) in [4.78, 5) is 21.7. The molecule has 1 aromatic carbocycles. The number of aromatic nitrogens is 3. The zero-order valence-electron chi connectivity index (χ0n) is 20.0. The lowest BCUT2D eigenvalue weighted by molar-refractivity contribution is 0.0612. The van der Waals surface area contributed by atoms with Crippen LogP contribution in [0, 0.1) is 5.92 Å². The number of likely N-dealkylation sites (tertiary alicyclic amines) is 1. The molecule has 178 valence electrons. The molecule has 2 atom stereocenters. The van der Waals surface area contributed by atoms with E-state index in [0.717, 1.165) is 47.9 Å². The summed E-state index contributed by atoms with van der Waals surface area (Å²) in [5.74, 6) is 2.31. The van der Waals surface area contributed by atoms with Gasteiger partial charge in [0.05, 0.1) is 18.3 Å². The largest absolute Gasteiger partial charge is 0.494 e. The summed E-state index contributed by atoms with van der Waals surface area (Å²) in [6, 6.07) is 8.38. The predicted octanol–water partition coefficient (Wildman–Crippen LogP) is 4.63. The van der Waals surface area contributed by atoms with Crippen LogP contribution < -0.4 is 10.5 Å². The average Bonchev–Trinajstić information content (AvgIpc) is 3.28. The molecule has 2 aliphatic rings. The van der Waals surface area contributed by atoms with Crippen LogP contribution >= 0.6 is 11.3 Å². The molecule has 34 heavy (non-hydrogen) atoms. The van der Waals surface area contributed by atoms with Gasteiger partial charge in [0.2, 0.25) is 0 Å². The Bertz CT molecular complexity index is 1400. The summed E-state index contributed by atoms with van der Waals surface area (Å²) in [6.45, 7) is 3.70. The zero-order valence-corrected chi connectivity index (χ0v) is 20.8. The molecule has 1 aliphatic carbocycles. The molecule has 4 heterocycles. The number of hydrogen-bond donors (Lipinski definition) is 1. The standard InChI is InChI=1S/C26H31N5O2S/c1-15-4-7-19(27)14-30(15)25(32)18-10-20-23(22(12-18)33-3)29(2)24(28-20)21-11-17-8-9-34-26(17)31(21)13-16-5-6-16/h8-12,15-16,19H,4-7,13-14,27H2,1-3H3/t15-,19-/m0/s1. The van der Waals surface area contributed by atoms with E-state index in [1.807, 2.05) is 24.1 Å². The summed E-state index contributed by atoms with van der Waals surface area (Å²) >= 11 is 1.78. The Morgan fingerprint density at radius 3 is 2.82 bits per heavy atom. The maximum atomic E-state index is 13.5. The Morgan fingerprint density at radius 2 is 2.06 bits per heavy atom. The second-order valence-electron chi connectivity index (χ2n) is 9.95. The summed E-state index contributed by atoms with van der Waals surface area (Å²) in [5.41, 5.74) is 9.58. The van der Waals surface area contributed by atoms with Crippen LogP contribution in [-0.4, -0.2) is 50.7 Å². The van der Waals surface area contributed by atoms with E-state index < -0.39 is 0 Å². The molecule has 2 N–H and O–H groups in total. The molecule has 0 spiro atoms. The van der Waals surface area contributed by atoms with Crippen molar-refractivity contribution < 1.29 is 9.53 Å². The van der Waals surface area contributed by atoms with Crippen LogP contribution in [0.5, 0.6) is 5.75 Å². The number of rotatable bonds is 5. The topological polar surface area (TPSA) is 78.3 Å². The molecule has 1 amide bonds. The molecule has 1 saturated carbocycles. The number of ether oxygens (including phenoxy) is 1. The summed E-state index contributed by atoms with van der Waals surface area (Å²) in [7, 11) is 3.68. The minimum absolute atomic E-state index is 0.00678. The summed E-state index contributed by atoms with van der Waals surface area (Å²) < 4.78 is 10.3. The van der Waals surface area contributed by atoms with Gasteiger partial charge in [0.1, 0.15) is 16.1 Å². The third kappa shape index (κ3) is 3.51. The second kappa shape index (κ2) is 8.13. The monoisotopic (exact) mass is 477 g/mol. The van der Waals surface area contributed by atoms with E-state index >= 15 is 0 Å². The lowest BCUT2D eigenvalue weighted by atomic mass is 9.99. The van der Waals surface area contributed by atoms with Crippen molar-refractivity contribution in [3.8, 4) is 17.3 Å². The fourth-order valence-electron chi connectivity index (χ4n) is 5.30. The van der Waals surface area contributed by atoms with E-state index in [-0.39, 0.29) is 18.0 Å². The van der Waals surface area contributed by atoms with E-state index in [9.17, 15) is 4.79 Å². The van der Waals surface area contributed by atoms with Crippen LogP contribution in [0.3, 0.4) is 0 Å². The molecule has 0 unspecified atom stereocenters. The first kappa shape index (κ1) is 21.7. The number of aryl methyl sites for hydroxylation is 1. The zero-order chi connectivity index (χ0) is 23.6. The maximum Gasteiger partial charge on any atom is 0.254 e. The molecule has 2 fully saturated rings. The molecule has 1 saturated heterocycles. The molecule has 6 rings (SSSR count). The van der Waals surface area contributed by atoms with Crippen LogP contribution in [0.2, 0.25) is 0 Å². The number of amides is 1. The first-order valence-electron chi connectivity index (χ1n) is 12.1. The summed E-state index contributed by atoms with van der Waals surface area (Å²) in [6.07, 6.45) is 4.47. The first-order valence-corrected chi connectivity index (χ1v) is 13.0. The van der Waals surface area contributed by atoms with Gasteiger partial charge in [-0.25, -0.2) is 4.98 Å². The highest BCUT2D eigenvalue weighted by atomic mass is 32.1. The van der Waals surface area contributed by atoms with Crippen LogP contribution in [0.25, 0.3) is 32.8 Å². The quantitative estimate of drug-likeness (QED) is 0.455. The van der Waals surface area contributed by atoms with Crippen molar-refractivity contribution in [2.75, 3.05) is 13.7 Å². The van der Waals surface area contributed by atoms with Crippen molar-refractivity contribution in [1.29, 1.82) is 0 Å². The van der Waals surface area contributed by atoms with Crippen LogP contribution in [0.4, 0.5) is 0 Å². The highest BCUT2D eigenvalue weighted by molar-refractivity contribution is 7.16. The van der Waals surface area contributed by atoms with Gasteiger partial charge >= 0.3 is 0 Å². The molecule has 1 aliphatic heterocycles. The van der Waals surface area contributed by atoms with Gasteiger partial charge < -0.3 is 24.5 Å². The average molecular weight is 478 g/mol. The molecular formula is C26H31N5O2S. The Kier molecular flexibility index (Phi) is 5.18. The number of fused-ring (bicyclic) bond motifs is 2. The molecule has 4 aromatic rings. The van der Waals surface area contributed by atoms with Gasteiger partial charge in [-0.3, -0.25) is 4.79 Å². The number of thiophene rings is 1. The number of piperidine rings is 1. The smallest absolute Gasteiger partial charge is 0.254 e. The van der Waals surface area contributed by atoms with E-state index in [1.54, 1.807) is 18.4 Å². The predicted molar refractivity (Wildman–Crippen MR) is 137 cm³/mol. The third-order valence-corrected chi connectivity index (χ3v) is 8.40. The Balaban J connectivity index is 1.46. The molecule has 3 aromatic heterocycles. The Labute approximate surface area is 203 Å². The molecule has 8 heteroatoms. The number of carbonyl (C=O) groups is 1. The van der Waals surface area contributed by atoms with Crippen molar-refractivity contribution in [1.82, 2.24) is 19.0 Å². The number of imidazole rings is 1. The van der Waals surface area contributed by atoms with Gasteiger partial charge in [0.15, 0.2) is 5.82 Å². The fraction of sp³-hybridized carbons (Fsp3) is 0.462. The Morgan fingerprint density at radius 1 is 1.24 bits per heavy atom. The van der Waals surface area contributed by atoms with Gasteiger partial charge in [-0.05, 0) is 68.2 Å². The van der Waals surface area contributed by atoms with Crippen molar-refractivity contribution >= 4 is 38.5 Å². The highest BCUT2D eigenvalue weighted by Crippen LogP contribution is 2.39. The third-order valence-electron chi connectivity index (χ3n) is 7.45. The van der Waals surface area contributed by atoms with Gasteiger partial charge in [-0.15, -0.1) is 11.3 Å². The fourth-order valence-corrected chi connectivity index (χ4v) is 6.21. The number of nitrogens with zero attached hydrogens (tertiary/aromatic N) is 4. The SMILES string of the molecule is COc1cc(C(=O)N2C[C@@H](N)CC[C@@H]2C)cc2nc(-c3cc4ccsc4n3CC3CC3)n(C)c12. The molecule has 7 nitrogen and oxygen atoms in total. The first-order chi connectivity index (χ1) is 16.4. The van der Waals surface area contributed by atoms with E-state index in [0.29, 0.717) is 17.9 Å². The number of benzene rings is 1. The highest BCUT2D eigenvalue weighted by Gasteiger charge is 2.30. The van der Waals surface area contributed by atoms with E-state index in [4.69, 9.17) is 15.5 Å². The number of methoxy groups -OCH3 is 1. The number of hydrogen-bond acceptors (Lipinski definition) is 5. The lowest BCUT2D eigenvalue weighted by Gasteiger charge is -2.36. The molecular weight excluding hydrogens is 446 g/mol. The lowest BCUT2D eigenvalue weighted by Crippen LogP contribution is -2.50. The van der Waals surface area contributed by atoms with Crippen molar-refractivity contribution in [3.05, 3.63) is 35.2 Å². The van der Waals surface area contributed by atoms with Gasteiger partial charge in [0, 0.05) is 43.2 Å². The van der Waals surface area contributed by atoms with Gasteiger partial charge in [-0.1, -0.05) is 0 Å². The number of nitrogens with two attached hydrogens (primary N) is 1. The van der Waals surface area contributed by atoms with Crippen LogP contribution in [0.15, 0.2) is 29.6 Å². The van der Waals surface area contributed by atoms with Gasteiger partial charge in [-0.2, -0.15) is 0 Å². The normalized spacial score (nSPS) is 21.0. The minimum atomic E-state index is -0.00678. The minimum Gasteiger partial charge on any atom is -0.494 e. The number of carbonyl (C=O) groups excluding carboxylic acids is 1. The van der Waals surface area contributed by atoms with E-state index in [1.165, 1.54) is 23.1 Å². The maximum absolute atomic E-state index is 13.5. The molecule has 0 radical (unpaired) electrons. The van der Waals surface area contributed by atoms with Crippen LogP contribution in [0.1, 0.15) is 43.0 Å². The summed E-state index contributed by atoms with van der Waals surface area (Å²) in [5, 5.41) is 3.41. The van der Waals surface area contributed by atoms with Crippen LogP contribution in [-0.2, 0) is 13.6 Å². The van der Waals surface area contributed by atoms with Crippen molar-refractivity contribution in [2.24, 2.45) is 18.7 Å². The van der Waals surface area contributed by atoms with E-state index in [2.05, 4.69) is 33.6 Å². The molecule has 0 bridgehead atoms. The van der Waals surface area contributed by atoms with Crippen molar-refractivity contribution in [2.45, 2.75) is 51.2 Å².